The summed E-state index contributed by atoms with van der Waals surface area (Å²) >= 11 is 6.10. The summed E-state index contributed by atoms with van der Waals surface area (Å²) in [7, 11) is 3.12. The molecule has 0 saturated heterocycles. The second-order valence-electron chi connectivity index (χ2n) is 3.59. The van der Waals surface area contributed by atoms with Gasteiger partial charge in [-0.15, -0.1) is 0 Å². The van der Waals surface area contributed by atoms with E-state index < -0.39 is 0 Å². The van der Waals surface area contributed by atoms with Crippen molar-refractivity contribution in [2.45, 2.75) is 0 Å². The zero-order chi connectivity index (χ0) is 12.4. The van der Waals surface area contributed by atoms with E-state index in [1.165, 1.54) is 7.11 Å². The molecule has 0 saturated carbocycles. The van der Waals surface area contributed by atoms with Gasteiger partial charge in [0, 0.05) is 17.5 Å². The Bertz CT molecular complexity index is 581. The second-order valence-corrected chi connectivity index (χ2v) is 4.00. The van der Waals surface area contributed by atoms with Gasteiger partial charge in [-0.25, -0.2) is 0 Å². The van der Waals surface area contributed by atoms with Crippen LogP contribution in [-0.2, 0) is 0 Å². The van der Waals surface area contributed by atoms with Crippen LogP contribution in [0.5, 0.6) is 5.75 Å². The summed E-state index contributed by atoms with van der Waals surface area (Å²) in [6.45, 7) is 0. The number of hydrogen-bond donors (Lipinski definition) is 1. The van der Waals surface area contributed by atoms with Gasteiger partial charge < -0.3 is 10.1 Å². The van der Waals surface area contributed by atoms with Gasteiger partial charge in [0.15, 0.2) is 0 Å². The Morgan fingerprint density at radius 2 is 2.12 bits per heavy atom. The molecule has 2 rings (SSSR count). The monoisotopic (exact) mass is 249 g/mol. The number of methoxy groups -OCH3 is 1. The molecule has 0 atom stereocenters. The van der Waals surface area contributed by atoms with Crippen molar-refractivity contribution in [3.63, 3.8) is 0 Å². The van der Waals surface area contributed by atoms with Crippen molar-refractivity contribution >= 4 is 28.3 Å². The summed E-state index contributed by atoms with van der Waals surface area (Å²) in [5.74, 6) is 0.350. The Morgan fingerprint density at radius 1 is 1.35 bits per heavy atom. The van der Waals surface area contributed by atoms with Crippen LogP contribution in [0, 0.1) is 0 Å². The zero-order valence-electron chi connectivity index (χ0n) is 9.58. The van der Waals surface area contributed by atoms with Crippen molar-refractivity contribution in [3.8, 4) is 5.75 Å². The predicted molar refractivity (Wildman–Crippen MR) is 68.9 cm³/mol. The summed E-state index contributed by atoms with van der Waals surface area (Å²) in [5.41, 5.74) is 0.482. The Balaban J connectivity index is 2.74. The first-order valence-electron chi connectivity index (χ1n) is 5.15. The van der Waals surface area contributed by atoms with Gasteiger partial charge in [0.1, 0.15) is 5.75 Å². The third-order valence-electron chi connectivity index (χ3n) is 2.62. The minimum atomic E-state index is -0.191. The quantitative estimate of drug-likeness (QED) is 0.889. The molecule has 0 fully saturated rings. The summed E-state index contributed by atoms with van der Waals surface area (Å²) in [6, 6.07) is 9.14. The van der Waals surface area contributed by atoms with Gasteiger partial charge in [-0.2, -0.15) is 0 Å². The molecule has 2 aromatic carbocycles. The molecule has 0 aromatic heterocycles. The highest BCUT2D eigenvalue weighted by atomic mass is 35.5. The fourth-order valence-corrected chi connectivity index (χ4v) is 1.98. The highest BCUT2D eigenvalue weighted by Gasteiger charge is 2.13. The average molecular weight is 250 g/mol. The van der Waals surface area contributed by atoms with Gasteiger partial charge in [0.2, 0.25) is 0 Å². The average Bonchev–Trinajstić information content (AvgIpc) is 2.37. The van der Waals surface area contributed by atoms with Gasteiger partial charge in [-0.1, -0.05) is 23.7 Å². The molecule has 0 unspecified atom stereocenters. The topological polar surface area (TPSA) is 38.3 Å². The first-order valence-corrected chi connectivity index (χ1v) is 5.53. The van der Waals surface area contributed by atoms with Crippen LogP contribution in [0.25, 0.3) is 10.8 Å². The molecule has 0 bridgehead atoms. The highest BCUT2D eigenvalue weighted by molar-refractivity contribution is 6.35. The molecule has 0 aliphatic carbocycles. The zero-order valence-corrected chi connectivity index (χ0v) is 10.3. The summed E-state index contributed by atoms with van der Waals surface area (Å²) in [5, 5.41) is 4.99. The summed E-state index contributed by atoms with van der Waals surface area (Å²) in [6.07, 6.45) is 0. The lowest BCUT2D eigenvalue weighted by atomic mass is 10.1. The van der Waals surface area contributed by atoms with E-state index >= 15 is 0 Å². The molecule has 3 nitrogen and oxygen atoms in total. The summed E-state index contributed by atoms with van der Waals surface area (Å²) in [4.78, 5) is 11.7. The lowest BCUT2D eigenvalue weighted by Crippen LogP contribution is -2.18. The number of hydrogen-bond acceptors (Lipinski definition) is 2. The molecule has 0 aliphatic rings. The van der Waals surface area contributed by atoms with Gasteiger partial charge in [0.05, 0.1) is 12.7 Å². The van der Waals surface area contributed by atoms with E-state index in [4.69, 9.17) is 16.3 Å². The molecule has 4 heteroatoms. The maximum Gasteiger partial charge on any atom is 0.254 e. The van der Waals surface area contributed by atoms with E-state index in [-0.39, 0.29) is 5.91 Å². The van der Waals surface area contributed by atoms with Crippen LogP contribution >= 0.6 is 11.6 Å². The van der Waals surface area contributed by atoms with Crippen LogP contribution in [0.4, 0.5) is 0 Å². The third-order valence-corrected chi connectivity index (χ3v) is 2.95. The Hall–Kier alpha value is -1.74. The van der Waals surface area contributed by atoms with Gasteiger partial charge >= 0.3 is 0 Å². The van der Waals surface area contributed by atoms with Gasteiger partial charge in [-0.3, -0.25) is 4.79 Å². The van der Waals surface area contributed by atoms with Gasteiger partial charge in [-0.05, 0) is 23.6 Å². The number of fused-ring (bicyclic) bond motifs is 1. The number of amides is 1. The lowest BCUT2D eigenvalue weighted by Gasteiger charge is -2.10. The molecule has 0 heterocycles. The number of halogens is 1. The molecular formula is C13H12ClNO2. The first-order chi connectivity index (χ1) is 8.17. The minimum absolute atomic E-state index is 0.191. The fraction of sp³-hybridized carbons (Fsp3) is 0.154. The lowest BCUT2D eigenvalue weighted by molar-refractivity contribution is 0.0960. The molecular weight excluding hydrogens is 238 g/mol. The Kier molecular flexibility index (Phi) is 3.20. The number of benzene rings is 2. The van der Waals surface area contributed by atoms with Crippen molar-refractivity contribution in [1.29, 1.82) is 0 Å². The van der Waals surface area contributed by atoms with Gasteiger partial charge in [0.25, 0.3) is 5.91 Å². The van der Waals surface area contributed by atoms with E-state index in [9.17, 15) is 4.79 Å². The molecule has 0 radical (unpaired) electrons. The van der Waals surface area contributed by atoms with Crippen LogP contribution in [0.3, 0.4) is 0 Å². The highest BCUT2D eigenvalue weighted by Crippen LogP contribution is 2.30. The Labute approximate surface area is 104 Å². The smallest absolute Gasteiger partial charge is 0.254 e. The minimum Gasteiger partial charge on any atom is -0.496 e. The van der Waals surface area contributed by atoms with Crippen LogP contribution in [0.1, 0.15) is 10.4 Å². The van der Waals surface area contributed by atoms with Crippen LogP contribution in [0.2, 0.25) is 5.02 Å². The fourth-order valence-electron chi connectivity index (χ4n) is 1.75. The Morgan fingerprint density at radius 3 is 2.76 bits per heavy atom. The van der Waals surface area contributed by atoms with E-state index in [2.05, 4.69) is 5.32 Å². The molecule has 0 spiro atoms. The van der Waals surface area contributed by atoms with Crippen molar-refractivity contribution in [2.24, 2.45) is 0 Å². The predicted octanol–water partition coefficient (Wildman–Crippen LogP) is 2.86. The van der Waals surface area contributed by atoms with E-state index in [0.717, 1.165) is 10.8 Å². The molecule has 1 N–H and O–H groups in total. The van der Waals surface area contributed by atoms with Crippen molar-refractivity contribution < 1.29 is 9.53 Å². The number of nitrogens with one attached hydrogen (secondary N) is 1. The maximum atomic E-state index is 11.7. The summed E-state index contributed by atoms with van der Waals surface area (Å²) < 4.78 is 5.21. The largest absolute Gasteiger partial charge is 0.496 e. The number of carbonyl (C=O) groups is 1. The van der Waals surface area contributed by atoms with E-state index in [0.29, 0.717) is 16.3 Å². The molecule has 17 heavy (non-hydrogen) atoms. The van der Waals surface area contributed by atoms with Crippen molar-refractivity contribution in [1.82, 2.24) is 5.32 Å². The van der Waals surface area contributed by atoms with Crippen molar-refractivity contribution in [3.05, 3.63) is 40.9 Å². The number of ether oxygens (including phenoxy) is 1. The normalized spacial score (nSPS) is 10.3. The first kappa shape index (κ1) is 11.7. The van der Waals surface area contributed by atoms with Crippen LogP contribution in [0.15, 0.2) is 30.3 Å². The van der Waals surface area contributed by atoms with E-state index in [1.807, 2.05) is 18.2 Å². The SMILES string of the molecule is CNC(=O)c1cc2c(Cl)cccc2cc1OC. The third kappa shape index (κ3) is 2.06. The second kappa shape index (κ2) is 4.63. The van der Waals surface area contributed by atoms with Crippen molar-refractivity contribution in [2.75, 3.05) is 14.2 Å². The molecule has 88 valence electrons. The van der Waals surface area contributed by atoms with E-state index in [1.54, 1.807) is 19.2 Å². The van der Waals surface area contributed by atoms with Crippen LogP contribution < -0.4 is 10.1 Å². The number of carbonyl (C=O) groups excluding carboxylic acids is 1. The maximum absolute atomic E-state index is 11.7. The molecule has 0 aliphatic heterocycles. The number of rotatable bonds is 2. The molecule has 2 aromatic rings. The standard InChI is InChI=1S/C13H12ClNO2/c1-15-13(16)10-7-9-8(6-12(10)17-2)4-3-5-11(9)14/h3-7H,1-2H3,(H,15,16). The molecule has 1 amide bonds. The van der Waals surface area contributed by atoms with Crippen LogP contribution in [-0.4, -0.2) is 20.1 Å².